The van der Waals surface area contributed by atoms with Crippen LogP contribution in [0.25, 0.3) is 11.0 Å². The van der Waals surface area contributed by atoms with Gasteiger partial charge < -0.3 is 14.7 Å². The molecule has 4 rings (SSSR count). The van der Waals surface area contributed by atoms with Crippen molar-refractivity contribution in [1.82, 2.24) is 15.4 Å². The van der Waals surface area contributed by atoms with Crippen LogP contribution >= 0.6 is 12.4 Å². The van der Waals surface area contributed by atoms with Crippen molar-refractivity contribution in [2.45, 2.75) is 51.0 Å². The minimum Gasteiger partial charge on any atom is -0.356 e. The largest absolute Gasteiger partial charge is 0.356 e. The highest BCUT2D eigenvalue weighted by molar-refractivity contribution is 5.85. The van der Waals surface area contributed by atoms with Crippen molar-refractivity contribution in [1.29, 1.82) is 0 Å². The maximum Gasteiger partial charge on any atom is 0.167 e. The molecule has 138 valence electrons. The van der Waals surface area contributed by atoms with Gasteiger partial charge in [-0.05, 0) is 76.3 Å². The van der Waals surface area contributed by atoms with Crippen molar-refractivity contribution in [2.75, 3.05) is 26.2 Å². The lowest BCUT2D eigenvalue weighted by atomic mass is 9.85. The highest BCUT2D eigenvalue weighted by atomic mass is 35.5. The lowest BCUT2D eigenvalue weighted by Crippen LogP contribution is -2.48. The smallest absolute Gasteiger partial charge is 0.167 e. The van der Waals surface area contributed by atoms with Crippen molar-refractivity contribution in [3.63, 3.8) is 0 Å². The van der Waals surface area contributed by atoms with Gasteiger partial charge in [-0.25, -0.2) is 0 Å². The molecule has 2 aliphatic rings. The zero-order valence-corrected chi connectivity index (χ0v) is 15.9. The zero-order chi connectivity index (χ0) is 16.4. The second-order valence-electron chi connectivity index (χ2n) is 7.46. The van der Waals surface area contributed by atoms with Crippen LogP contribution in [0.2, 0.25) is 0 Å². The Bertz CT molecular complexity index is 660. The number of likely N-dealkylation sites (tertiary alicyclic amines) is 1. The minimum atomic E-state index is 0. The van der Waals surface area contributed by atoms with Crippen LogP contribution in [0.5, 0.6) is 0 Å². The molecule has 4 nitrogen and oxygen atoms in total. The molecule has 0 spiro atoms. The number of nitrogens with zero attached hydrogens (tertiary/aromatic N) is 2. The van der Waals surface area contributed by atoms with Gasteiger partial charge in [0.05, 0.1) is 5.69 Å². The lowest BCUT2D eigenvalue weighted by Gasteiger charge is -2.42. The highest BCUT2D eigenvalue weighted by Gasteiger charge is 2.32. The van der Waals surface area contributed by atoms with Crippen molar-refractivity contribution in [3.8, 4) is 0 Å². The molecule has 5 heteroatoms. The van der Waals surface area contributed by atoms with E-state index >= 15 is 0 Å². The van der Waals surface area contributed by atoms with Gasteiger partial charge in [-0.1, -0.05) is 24.2 Å². The Morgan fingerprint density at radius 1 is 1.24 bits per heavy atom. The van der Waals surface area contributed by atoms with Crippen molar-refractivity contribution in [3.05, 3.63) is 30.0 Å². The Kier molecular flexibility index (Phi) is 6.37. The summed E-state index contributed by atoms with van der Waals surface area (Å²) in [6.45, 7) is 7.15. The van der Waals surface area contributed by atoms with E-state index in [1.54, 1.807) is 0 Å². The van der Waals surface area contributed by atoms with Gasteiger partial charge in [0, 0.05) is 17.3 Å². The number of benzene rings is 1. The summed E-state index contributed by atoms with van der Waals surface area (Å²) in [5, 5.41) is 9.19. The molecule has 2 aromatic rings. The van der Waals surface area contributed by atoms with Crippen LogP contribution < -0.4 is 5.32 Å². The molecule has 2 fully saturated rings. The van der Waals surface area contributed by atoms with Crippen LogP contribution in [0.1, 0.15) is 50.6 Å². The normalized spacial score (nSPS) is 24.1. The number of piperidine rings is 2. The second kappa shape index (κ2) is 8.52. The van der Waals surface area contributed by atoms with E-state index in [4.69, 9.17) is 4.52 Å². The second-order valence-corrected chi connectivity index (χ2v) is 7.46. The third kappa shape index (κ3) is 3.86. The number of fused-ring (bicyclic) bond motifs is 1. The van der Waals surface area contributed by atoms with Crippen molar-refractivity contribution < 1.29 is 4.52 Å². The summed E-state index contributed by atoms with van der Waals surface area (Å²) >= 11 is 0. The molecule has 2 atom stereocenters. The number of para-hydroxylation sites is 1. The molecule has 0 amide bonds. The monoisotopic (exact) mass is 363 g/mol. The predicted octanol–water partition coefficient (Wildman–Crippen LogP) is 4.21. The molecule has 0 bridgehead atoms. The van der Waals surface area contributed by atoms with Crippen LogP contribution in [0, 0.1) is 5.92 Å². The number of hydrogen-bond donors (Lipinski definition) is 1. The van der Waals surface area contributed by atoms with Gasteiger partial charge in [0.25, 0.3) is 0 Å². The SMILES string of the molecule is CCC(C1CCCNC1)N1CCC(c2noc3ccccc23)CC1.Cl. The molecule has 2 unspecified atom stereocenters. The van der Waals surface area contributed by atoms with Gasteiger partial charge in [0.1, 0.15) is 0 Å². The molecule has 2 aliphatic heterocycles. The zero-order valence-electron chi connectivity index (χ0n) is 15.1. The third-order valence-electron chi connectivity index (χ3n) is 6.09. The molecule has 0 radical (unpaired) electrons. The van der Waals surface area contributed by atoms with Gasteiger partial charge in [-0.3, -0.25) is 0 Å². The number of halogens is 1. The average Bonchev–Trinajstić information content (AvgIpc) is 3.08. The Morgan fingerprint density at radius 3 is 2.76 bits per heavy atom. The summed E-state index contributed by atoms with van der Waals surface area (Å²) in [5.41, 5.74) is 2.10. The summed E-state index contributed by atoms with van der Waals surface area (Å²) in [5.74, 6) is 1.38. The first-order valence-electron chi connectivity index (χ1n) is 9.66. The summed E-state index contributed by atoms with van der Waals surface area (Å²) in [4.78, 5) is 2.75. The molecular weight excluding hydrogens is 334 g/mol. The topological polar surface area (TPSA) is 41.3 Å². The standard InChI is InChI=1S/C20H29N3O.ClH/c1-2-18(16-6-5-11-21-14-16)23-12-9-15(10-13-23)20-17-7-3-4-8-19(17)24-22-20;/h3-4,7-8,15-16,18,21H,2,5-6,9-14H2,1H3;1H. The minimum absolute atomic E-state index is 0. The van der Waals surface area contributed by atoms with Crippen LogP contribution in [-0.2, 0) is 0 Å². The quantitative estimate of drug-likeness (QED) is 0.883. The average molecular weight is 364 g/mol. The molecule has 25 heavy (non-hydrogen) atoms. The van der Waals surface area contributed by atoms with E-state index in [-0.39, 0.29) is 12.4 Å². The molecule has 1 aromatic carbocycles. The highest BCUT2D eigenvalue weighted by Crippen LogP contribution is 2.34. The molecule has 0 saturated carbocycles. The lowest BCUT2D eigenvalue weighted by molar-refractivity contribution is 0.0919. The Hall–Kier alpha value is -1.10. The summed E-state index contributed by atoms with van der Waals surface area (Å²) in [6, 6.07) is 9.01. The summed E-state index contributed by atoms with van der Waals surface area (Å²) in [6.07, 6.45) is 6.40. The molecule has 1 N–H and O–H groups in total. The van der Waals surface area contributed by atoms with Gasteiger partial charge >= 0.3 is 0 Å². The number of nitrogens with one attached hydrogen (secondary N) is 1. The van der Waals surface area contributed by atoms with E-state index in [1.807, 2.05) is 12.1 Å². The number of hydrogen-bond acceptors (Lipinski definition) is 4. The fourth-order valence-corrected chi connectivity index (χ4v) is 4.80. The van der Waals surface area contributed by atoms with Crippen LogP contribution in [-0.4, -0.2) is 42.3 Å². The van der Waals surface area contributed by atoms with Crippen LogP contribution in [0.4, 0.5) is 0 Å². The number of rotatable bonds is 4. The van der Waals surface area contributed by atoms with Gasteiger partial charge in [-0.15, -0.1) is 12.4 Å². The first kappa shape index (κ1) is 18.7. The van der Waals surface area contributed by atoms with Crippen molar-refractivity contribution in [2.24, 2.45) is 5.92 Å². The van der Waals surface area contributed by atoms with Gasteiger partial charge in [-0.2, -0.15) is 0 Å². The summed E-state index contributed by atoms with van der Waals surface area (Å²) < 4.78 is 5.52. The maximum atomic E-state index is 5.52. The Balaban J connectivity index is 0.00000182. The predicted molar refractivity (Wildman–Crippen MR) is 104 cm³/mol. The molecule has 1 aromatic heterocycles. The fraction of sp³-hybridized carbons (Fsp3) is 0.650. The van der Waals surface area contributed by atoms with E-state index in [1.165, 1.54) is 69.4 Å². The van der Waals surface area contributed by atoms with E-state index in [0.29, 0.717) is 5.92 Å². The molecule has 3 heterocycles. The van der Waals surface area contributed by atoms with Crippen molar-refractivity contribution >= 4 is 23.4 Å². The van der Waals surface area contributed by atoms with E-state index in [9.17, 15) is 0 Å². The molecular formula is C20H30ClN3O. The Labute approximate surface area is 156 Å². The van der Waals surface area contributed by atoms with Crippen LogP contribution in [0.15, 0.2) is 28.8 Å². The Morgan fingerprint density at radius 2 is 2.04 bits per heavy atom. The first-order valence-corrected chi connectivity index (χ1v) is 9.66. The molecule has 0 aliphatic carbocycles. The van der Waals surface area contributed by atoms with E-state index in [0.717, 1.165) is 17.5 Å². The van der Waals surface area contributed by atoms with E-state index < -0.39 is 0 Å². The maximum absolute atomic E-state index is 5.52. The third-order valence-corrected chi connectivity index (χ3v) is 6.09. The number of aromatic nitrogens is 1. The summed E-state index contributed by atoms with van der Waals surface area (Å²) in [7, 11) is 0. The first-order chi connectivity index (χ1) is 11.9. The molecule has 2 saturated heterocycles. The van der Waals surface area contributed by atoms with Gasteiger partial charge in [0.2, 0.25) is 0 Å². The van der Waals surface area contributed by atoms with Gasteiger partial charge in [0.15, 0.2) is 5.58 Å². The van der Waals surface area contributed by atoms with E-state index in [2.05, 4.69) is 34.4 Å². The van der Waals surface area contributed by atoms with Crippen LogP contribution in [0.3, 0.4) is 0 Å². The fourth-order valence-electron chi connectivity index (χ4n) is 4.80.